The van der Waals surface area contributed by atoms with Crippen LogP contribution < -0.4 is 4.74 Å². The van der Waals surface area contributed by atoms with Crippen molar-refractivity contribution < 1.29 is 14.2 Å². The van der Waals surface area contributed by atoms with Gasteiger partial charge in [0.25, 0.3) is 0 Å². The Hall–Kier alpha value is -1.92. The molecule has 23 heavy (non-hydrogen) atoms. The third-order valence-corrected chi connectivity index (χ3v) is 4.36. The smallest absolute Gasteiger partial charge is 0.126 e. The van der Waals surface area contributed by atoms with Crippen LogP contribution in [0.2, 0.25) is 0 Å². The lowest BCUT2D eigenvalue weighted by molar-refractivity contribution is 0.140. The first-order valence-electron chi connectivity index (χ1n) is 7.79. The molecule has 2 N–H and O–H groups in total. The number of hydrogen-bond donors (Lipinski definition) is 2. The van der Waals surface area contributed by atoms with E-state index in [4.69, 9.17) is 4.74 Å². The van der Waals surface area contributed by atoms with E-state index in [0.29, 0.717) is 18.8 Å². The van der Waals surface area contributed by atoms with Crippen LogP contribution in [0.1, 0.15) is 17.0 Å². The molecular weight excluding hydrogens is 297 g/mol. The molecule has 0 unspecified atom stereocenters. The fraction of sp³-hybridized carbons (Fsp3) is 0.471. The zero-order chi connectivity index (χ0) is 16.4. The minimum Gasteiger partial charge on any atom is -0.496 e. The monoisotopic (exact) mass is 319 g/mol. The standard InChI is InChI=1S/C17H22FN3O2/c1-11-5-15(20-19-11)6-13-9-21(10-16(13)22)8-12-3-4-14(18)7-17(12)23-2/h3-5,7,13,16,22H,6,8-10H2,1-2H3,(H,19,20)/t13-,16-/m1/s1. The average molecular weight is 319 g/mol. The van der Waals surface area contributed by atoms with Crippen LogP contribution in [-0.4, -0.2) is 46.5 Å². The molecule has 0 saturated carbocycles. The molecule has 2 heterocycles. The molecule has 1 saturated heterocycles. The van der Waals surface area contributed by atoms with Crippen molar-refractivity contribution in [2.75, 3.05) is 20.2 Å². The number of β-amino-alcohol motifs (C(OH)–C–C–N with tert-alkyl or cyclic N) is 1. The van der Waals surface area contributed by atoms with Crippen molar-refractivity contribution >= 4 is 0 Å². The molecule has 1 aliphatic rings. The summed E-state index contributed by atoms with van der Waals surface area (Å²) < 4.78 is 18.5. The molecule has 124 valence electrons. The number of aryl methyl sites for hydroxylation is 1. The molecule has 0 bridgehead atoms. The maximum atomic E-state index is 13.3. The normalized spacial score (nSPS) is 21.7. The number of hydrogen-bond acceptors (Lipinski definition) is 4. The molecule has 3 rings (SSSR count). The van der Waals surface area contributed by atoms with Gasteiger partial charge in [-0.05, 0) is 25.5 Å². The maximum Gasteiger partial charge on any atom is 0.126 e. The SMILES string of the molecule is COc1cc(F)ccc1CN1C[C@@H](Cc2cc(C)[nH]n2)[C@H](O)C1. The third-order valence-electron chi connectivity index (χ3n) is 4.36. The second-order valence-electron chi connectivity index (χ2n) is 6.22. The topological polar surface area (TPSA) is 61.4 Å². The Bertz CT molecular complexity index is 674. The number of methoxy groups -OCH3 is 1. The lowest BCUT2D eigenvalue weighted by Gasteiger charge is -2.17. The number of ether oxygens (including phenoxy) is 1. The van der Waals surface area contributed by atoms with Gasteiger partial charge in [-0.3, -0.25) is 10.00 Å². The van der Waals surface area contributed by atoms with Gasteiger partial charge in [-0.2, -0.15) is 5.10 Å². The van der Waals surface area contributed by atoms with E-state index in [-0.39, 0.29) is 17.8 Å². The van der Waals surface area contributed by atoms with Gasteiger partial charge in [0.2, 0.25) is 0 Å². The number of benzene rings is 1. The molecule has 2 atom stereocenters. The van der Waals surface area contributed by atoms with Crippen LogP contribution in [0.15, 0.2) is 24.3 Å². The Morgan fingerprint density at radius 3 is 2.91 bits per heavy atom. The zero-order valence-corrected chi connectivity index (χ0v) is 13.4. The Balaban J connectivity index is 1.64. The van der Waals surface area contributed by atoms with E-state index >= 15 is 0 Å². The number of halogens is 1. The minimum atomic E-state index is -0.376. The minimum absolute atomic E-state index is 0.157. The Labute approximate surface area is 135 Å². The number of nitrogens with zero attached hydrogens (tertiary/aromatic N) is 2. The summed E-state index contributed by atoms with van der Waals surface area (Å²) in [4.78, 5) is 2.17. The Kier molecular flexibility index (Phi) is 4.63. The van der Waals surface area contributed by atoms with Crippen LogP contribution in [0, 0.1) is 18.7 Å². The lowest BCUT2D eigenvalue weighted by atomic mass is 10.0. The number of rotatable bonds is 5. The number of nitrogens with one attached hydrogen (secondary N) is 1. The van der Waals surface area contributed by atoms with Gasteiger partial charge in [-0.15, -0.1) is 0 Å². The van der Waals surface area contributed by atoms with Gasteiger partial charge >= 0.3 is 0 Å². The zero-order valence-electron chi connectivity index (χ0n) is 13.4. The summed E-state index contributed by atoms with van der Waals surface area (Å²) in [7, 11) is 1.54. The predicted octanol–water partition coefficient (Wildman–Crippen LogP) is 1.90. The van der Waals surface area contributed by atoms with Crippen molar-refractivity contribution in [2.45, 2.75) is 26.0 Å². The van der Waals surface area contributed by atoms with Crippen molar-refractivity contribution in [1.29, 1.82) is 0 Å². The van der Waals surface area contributed by atoms with Crippen LogP contribution in [0.5, 0.6) is 5.75 Å². The van der Waals surface area contributed by atoms with Crippen molar-refractivity contribution in [2.24, 2.45) is 5.92 Å². The fourth-order valence-corrected chi connectivity index (χ4v) is 3.21. The quantitative estimate of drug-likeness (QED) is 0.884. The van der Waals surface area contributed by atoms with Gasteiger partial charge in [-0.1, -0.05) is 6.07 Å². The van der Waals surface area contributed by atoms with Crippen molar-refractivity contribution in [3.63, 3.8) is 0 Å². The molecule has 1 aromatic heterocycles. The van der Waals surface area contributed by atoms with E-state index in [1.54, 1.807) is 13.2 Å². The lowest BCUT2D eigenvalue weighted by Crippen LogP contribution is -2.21. The fourth-order valence-electron chi connectivity index (χ4n) is 3.21. The Morgan fingerprint density at radius 2 is 2.22 bits per heavy atom. The van der Waals surface area contributed by atoms with Gasteiger partial charge in [-0.25, -0.2) is 4.39 Å². The average Bonchev–Trinajstić information content (AvgIpc) is 3.07. The first kappa shape index (κ1) is 16.0. The highest BCUT2D eigenvalue weighted by Gasteiger charge is 2.32. The summed E-state index contributed by atoms with van der Waals surface area (Å²) in [5, 5.41) is 17.5. The van der Waals surface area contributed by atoms with E-state index in [0.717, 1.165) is 29.9 Å². The first-order chi connectivity index (χ1) is 11.0. The molecule has 2 aromatic rings. The number of aliphatic hydroxyl groups excluding tert-OH is 1. The summed E-state index contributed by atoms with van der Waals surface area (Å²) in [5.74, 6) is 0.397. The number of aliphatic hydroxyl groups is 1. The van der Waals surface area contributed by atoms with Gasteiger partial charge < -0.3 is 9.84 Å². The van der Waals surface area contributed by atoms with Crippen LogP contribution >= 0.6 is 0 Å². The largest absolute Gasteiger partial charge is 0.496 e. The van der Waals surface area contributed by atoms with Crippen molar-refractivity contribution in [3.8, 4) is 5.75 Å². The number of aromatic nitrogens is 2. The van der Waals surface area contributed by atoms with Crippen LogP contribution in [0.3, 0.4) is 0 Å². The third kappa shape index (κ3) is 3.71. The van der Waals surface area contributed by atoms with Gasteiger partial charge in [0.15, 0.2) is 0 Å². The van der Waals surface area contributed by atoms with E-state index in [1.165, 1.54) is 12.1 Å². The molecule has 1 aliphatic heterocycles. The summed E-state index contributed by atoms with van der Waals surface area (Å²) in [6.45, 7) is 3.99. The summed E-state index contributed by atoms with van der Waals surface area (Å²) >= 11 is 0. The van der Waals surface area contributed by atoms with E-state index < -0.39 is 0 Å². The molecular formula is C17H22FN3O2. The van der Waals surface area contributed by atoms with Crippen LogP contribution in [0.25, 0.3) is 0 Å². The molecule has 0 amide bonds. The molecule has 6 heteroatoms. The molecule has 1 aromatic carbocycles. The molecule has 0 radical (unpaired) electrons. The summed E-state index contributed by atoms with van der Waals surface area (Å²) in [6, 6.07) is 6.59. The van der Waals surface area contributed by atoms with Crippen LogP contribution in [0.4, 0.5) is 4.39 Å². The van der Waals surface area contributed by atoms with Gasteiger partial charge in [0.1, 0.15) is 11.6 Å². The molecule has 1 fully saturated rings. The molecule has 0 aliphatic carbocycles. The highest BCUT2D eigenvalue weighted by molar-refractivity contribution is 5.34. The second kappa shape index (κ2) is 6.68. The van der Waals surface area contributed by atoms with E-state index in [1.807, 2.05) is 13.0 Å². The van der Waals surface area contributed by atoms with Gasteiger partial charge in [0, 0.05) is 42.9 Å². The second-order valence-corrected chi connectivity index (χ2v) is 6.22. The summed E-state index contributed by atoms with van der Waals surface area (Å²) in [6.07, 6.45) is 0.376. The van der Waals surface area contributed by atoms with E-state index in [2.05, 4.69) is 15.1 Å². The van der Waals surface area contributed by atoms with E-state index in [9.17, 15) is 9.50 Å². The van der Waals surface area contributed by atoms with Gasteiger partial charge in [0.05, 0.1) is 18.9 Å². The molecule has 5 nitrogen and oxygen atoms in total. The summed E-state index contributed by atoms with van der Waals surface area (Å²) in [5.41, 5.74) is 2.94. The Morgan fingerprint density at radius 1 is 1.39 bits per heavy atom. The first-order valence-corrected chi connectivity index (χ1v) is 7.79. The highest BCUT2D eigenvalue weighted by atomic mass is 19.1. The van der Waals surface area contributed by atoms with Crippen LogP contribution in [-0.2, 0) is 13.0 Å². The van der Waals surface area contributed by atoms with Crippen molar-refractivity contribution in [3.05, 3.63) is 47.0 Å². The van der Waals surface area contributed by atoms with Crippen molar-refractivity contribution in [1.82, 2.24) is 15.1 Å². The maximum absolute atomic E-state index is 13.3. The number of H-pyrrole nitrogens is 1. The number of likely N-dealkylation sites (tertiary alicyclic amines) is 1. The molecule has 0 spiro atoms. The highest BCUT2D eigenvalue weighted by Crippen LogP contribution is 2.26. The predicted molar refractivity (Wildman–Crippen MR) is 84.8 cm³/mol. The number of aromatic amines is 1.